The maximum atomic E-state index is 13.1. The molecule has 180 valence electrons. The minimum atomic E-state index is -3.55. The summed E-state index contributed by atoms with van der Waals surface area (Å²) in [5, 5.41) is 0. The van der Waals surface area contributed by atoms with Crippen LogP contribution in [0.15, 0.2) is 58.3 Å². The molecule has 2 aromatic carbocycles. The Morgan fingerprint density at radius 3 is 1.61 bits per heavy atom. The third-order valence-corrected chi connectivity index (χ3v) is 10.3. The van der Waals surface area contributed by atoms with Gasteiger partial charge in [0.15, 0.2) is 0 Å². The van der Waals surface area contributed by atoms with Crippen LogP contribution in [0.3, 0.4) is 0 Å². The summed E-state index contributed by atoms with van der Waals surface area (Å²) >= 11 is 0. The highest BCUT2D eigenvalue weighted by Gasteiger charge is 2.46. The lowest BCUT2D eigenvalue weighted by molar-refractivity contribution is 0.315. The number of ether oxygens (including phenoxy) is 1. The van der Waals surface area contributed by atoms with Crippen LogP contribution in [-0.2, 0) is 20.0 Å². The molecule has 0 aromatic heterocycles. The van der Waals surface area contributed by atoms with Crippen molar-refractivity contribution < 1.29 is 21.6 Å². The van der Waals surface area contributed by atoms with E-state index in [4.69, 9.17) is 4.74 Å². The topological polar surface area (TPSA) is 83.8 Å². The normalized spacial score (nSPS) is 23.9. The van der Waals surface area contributed by atoms with Crippen molar-refractivity contribution in [1.29, 1.82) is 0 Å². The van der Waals surface area contributed by atoms with Crippen LogP contribution in [0.4, 0.5) is 0 Å². The van der Waals surface area contributed by atoms with Gasteiger partial charge >= 0.3 is 0 Å². The SMILES string of the molecule is CC(C)C1CN1S(=O)(=O)c1ccc(Oc2ccc(S(=O)(=O)N3CCC[C@@H]3C(C)C)cc2)cc1. The fourth-order valence-electron chi connectivity index (χ4n) is 4.45. The smallest absolute Gasteiger partial charge is 0.243 e. The van der Waals surface area contributed by atoms with Gasteiger partial charge in [0.05, 0.1) is 9.79 Å². The van der Waals surface area contributed by atoms with E-state index in [1.165, 1.54) is 4.31 Å². The molecule has 0 bridgehead atoms. The first-order valence-electron chi connectivity index (χ1n) is 11.4. The molecular formula is C24H32N2O5S2. The number of benzene rings is 2. The molecule has 9 heteroatoms. The molecule has 0 aliphatic carbocycles. The highest BCUT2D eigenvalue weighted by molar-refractivity contribution is 7.89. The Bertz CT molecular complexity index is 1190. The molecule has 0 amide bonds. The molecule has 2 aromatic rings. The van der Waals surface area contributed by atoms with Crippen LogP contribution < -0.4 is 4.74 Å². The minimum absolute atomic E-state index is 0.0310. The number of rotatable bonds is 8. The second-order valence-corrected chi connectivity index (χ2v) is 13.3. The van der Waals surface area contributed by atoms with Crippen molar-refractivity contribution in [2.24, 2.45) is 11.8 Å². The maximum absolute atomic E-state index is 13.1. The average molecular weight is 493 g/mol. The van der Waals surface area contributed by atoms with E-state index in [0.717, 1.165) is 12.8 Å². The van der Waals surface area contributed by atoms with Crippen LogP contribution in [0.25, 0.3) is 0 Å². The van der Waals surface area contributed by atoms with E-state index in [1.54, 1.807) is 52.8 Å². The third-order valence-electron chi connectivity index (χ3n) is 6.49. The summed E-state index contributed by atoms with van der Waals surface area (Å²) in [5.74, 6) is 1.52. The Morgan fingerprint density at radius 2 is 1.18 bits per heavy atom. The van der Waals surface area contributed by atoms with E-state index in [2.05, 4.69) is 13.8 Å². The lowest BCUT2D eigenvalue weighted by Gasteiger charge is -2.26. The van der Waals surface area contributed by atoms with Gasteiger partial charge in [0.2, 0.25) is 20.0 Å². The molecule has 0 saturated carbocycles. The molecule has 2 aliphatic rings. The van der Waals surface area contributed by atoms with Crippen molar-refractivity contribution in [3.8, 4) is 11.5 Å². The van der Waals surface area contributed by atoms with Crippen LogP contribution in [0.1, 0.15) is 40.5 Å². The van der Waals surface area contributed by atoms with Crippen molar-refractivity contribution in [3.63, 3.8) is 0 Å². The summed E-state index contributed by atoms with van der Waals surface area (Å²) in [6.45, 7) is 9.24. The van der Waals surface area contributed by atoms with Gasteiger partial charge in [-0.05, 0) is 73.2 Å². The highest BCUT2D eigenvalue weighted by atomic mass is 32.2. The van der Waals surface area contributed by atoms with E-state index in [0.29, 0.717) is 24.6 Å². The maximum Gasteiger partial charge on any atom is 0.243 e. The molecule has 3 atom stereocenters. The van der Waals surface area contributed by atoms with E-state index in [1.807, 2.05) is 13.8 Å². The van der Waals surface area contributed by atoms with Crippen molar-refractivity contribution >= 4 is 20.0 Å². The van der Waals surface area contributed by atoms with Crippen LogP contribution in [0.2, 0.25) is 0 Å². The van der Waals surface area contributed by atoms with E-state index < -0.39 is 20.0 Å². The van der Waals surface area contributed by atoms with Gasteiger partial charge in [-0.1, -0.05) is 27.7 Å². The molecule has 0 radical (unpaired) electrons. The van der Waals surface area contributed by atoms with Gasteiger partial charge < -0.3 is 4.74 Å². The molecule has 4 rings (SSSR count). The Kier molecular flexibility index (Phi) is 6.61. The zero-order valence-electron chi connectivity index (χ0n) is 19.5. The van der Waals surface area contributed by atoms with E-state index in [9.17, 15) is 16.8 Å². The zero-order chi connectivity index (χ0) is 24.0. The molecular weight excluding hydrogens is 460 g/mol. The average Bonchev–Trinajstić information content (AvgIpc) is 3.44. The number of hydrogen-bond acceptors (Lipinski definition) is 5. The Hall–Kier alpha value is -1.94. The molecule has 2 fully saturated rings. The molecule has 2 saturated heterocycles. The Morgan fingerprint density at radius 1 is 0.727 bits per heavy atom. The van der Waals surface area contributed by atoms with Crippen molar-refractivity contribution in [2.45, 2.75) is 62.4 Å². The number of nitrogens with zero attached hydrogens (tertiary/aromatic N) is 2. The molecule has 0 N–H and O–H groups in total. The number of sulfonamides is 2. The first-order chi connectivity index (χ1) is 15.5. The van der Waals surface area contributed by atoms with E-state index in [-0.39, 0.29) is 33.7 Å². The van der Waals surface area contributed by atoms with Gasteiger partial charge in [-0.3, -0.25) is 0 Å². The lowest BCUT2D eigenvalue weighted by Crippen LogP contribution is -2.38. The van der Waals surface area contributed by atoms with Crippen LogP contribution in [0.5, 0.6) is 11.5 Å². The van der Waals surface area contributed by atoms with Crippen molar-refractivity contribution in [2.75, 3.05) is 13.1 Å². The molecule has 2 heterocycles. The summed E-state index contributed by atoms with van der Waals surface area (Å²) in [7, 11) is -7.04. The predicted molar refractivity (Wildman–Crippen MR) is 127 cm³/mol. The zero-order valence-corrected chi connectivity index (χ0v) is 21.1. The monoisotopic (exact) mass is 492 g/mol. The summed E-state index contributed by atoms with van der Waals surface area (Å²) < 4.78 is 60.6. The molecule has 2 aliphatic heterocycles. The Balaban J connectivity index is 1.44. The van der Waals surface area contributed by atoms with Gasteiger partial charge in [0, 0.05) is 25.2 Å². The number of hydrogen-bond donors (Lipinski definition) is 0. The minimum Gasteiger partial charge on any atom is -0.457 e. The summed E-state index contributed by atoms with van der Waals surface area (Å²) in [6, 6.07) is 12.8. The highest BCUT2D eigenvalue weighted by Crippen LogP contribution is 2.34. The third kappa shape index (κ3) is 4.82. The van der Waals surface area contributed by atoms with Gasteiger partial charge in [0.25, 0.3) is 0 Å². The van der Waals surface area contributed by atoms with E-state index >= 15 is 0 Å². The van der Waals surface area contributed by atoms with Crippen molar-refractivity contribution in [1.82, 2.24) is 8.61 Å². The molecule has 2 unspecified atom stereocenters. The molecule has 33 heavy (non-hydrogen) atoms. The summed E-state index contributed by atoms with van der Waals surface area (Å²) in [6.07, 6.45) is 1.77. The molecule has 0 spiro atoms. The lowest BCUT2D eigenvalue weighted by atomic mass is 10.0. The summed E-state index contributed by atoms with van der Waals surface area (Å²) in [5.41, 5.74) is 0. The standard InChI is InChI=1S/C24H32N2O5S2/c1-17(2)23-6-5-15-25(23)32(27,28)21-11-7-19(8-12-21)31-20-9-13-22(14-10-20)33(29,30)26-16-24(26)18(3)4/h7-14,17-18,23-24H,5-6,15-16H2,1-4H3/t23-,24?,26?/m1/s1. The quantitative estimate of drug-likeness (QED) is 0.513. The second kappa shape index (κ2) is 9.02. The van der Waals surface area contributed by atoms with Crippen LogP contribution >= 0.6 is 0 Å². The second-order valence-electron chi connectivity index (χ2n) is 9.50. The predicted octanol–water partition coefficient (Wildman–Crippen LogP) is 4.32. The summed E-state index contributed by atoms with van der Waals surface area (Å²) in [4.78, 5) is 0.492. The molecule has 7 nitrogen and oxygen atoms in total. The van der Waals surface area contributed by atoms with Gasteiger partial charge in [-0.2, -0.15) is 8.61 Å². The van der Waals surface area contributed by atoms with Crippen LogP contribution in [0, 0.1) is 11.8 Å². The van der Waals surface area contributed by atoms with Crippen LogP contribution in [-0.4, -0.2) is 50.6 Å². The van der Waals surface area contributed by atoms with Crippen molar-refractivity contribution in [3.05, 3.63) is 48.5 Å². The van der Waals surface area contributed by atoms with Gasteiger partial charge in [-0.15, -0.1) is 0 Å². The largest absolute Gasteiger partial charge is 0.457 e. The Labute approximate surface area is 197 Å². The fourth-order valence-corrected chi connectivity index (χ4v) is 7.98. The first-order valence-corrected chi connectivity index (χ1v) is 14.3. The van der Waals surface area contributed by atoms with Gasteiger partial charge in [-0.25, -0.2) is 16.8 Å². The first kappa shape index (κ1) is 24.2. The fraction of sp³-hybridized carbons (Fsp3) is 0.500. The van der Waals surface area contributed by atoms with Gasteiger partial charge in [0.1, 0.15) is 11.5 Å².